The van der Waals surface area contributed by atoms with Crippen molar-refractivity contribution in [1.29, 1.82) is 0 Å². The van der Waals surface area contributed by atoms with Crippen LogP contribution < -0.4 is 16.0 Å². The van der Waals surface area contributed by atoms with E-state index < -0.39 is 17.9 Å². The molecule has 0 aliphatic heterocycles. The Morgan fingerprint density at radius 1 is 1.00 bits per heavy atom. The van der Waals surface area contributed by atoms with Crippen molar-refractivity contribution in [3.05, 3.63) is 90.3 Å². The quantitative estimate of drug-likeness (QED) is 0.467. The molecule has 1 amide bonds. The molecular formula is C24H22N4O4. The first-order chi connectivity index (χ1) is 15.1. The van der Waals surface area contributed by atoms with Crippen LogP contribution in [0.3, 0.4) is 0 Å². The van der Waals surface area contributed by atoms with Gasteiger partial charge in [-0.2, -0.15) is 0 Å². The number of aromatic amines is 1. The molecule has 2 aromatic heterocycles. The summed E-state index contributed by atoms with van der Waals surface area (Å²) >= 11 is 0. The van der Waals surface area contributed by atoms with Gasteiger partial charge in [-0.1, -0.05) is 54.6 Å². The van der Waals surface area contributed by atoms with Crippen molar-refractivity contribution in [3.8, 4) is 11.3 Å². The molecule has 0 spiro atoms. The van der Waals surface area contributed by atoms with Crippen molar-refractivity contribution in [2.24, 2.45) is 0 Å². The molecule has 4 aromatic rings. The lowest BCUT2D eigenvalue weighted by Gasteiger charge is -2.17. The Kier molecular flexibility index (Phi) is 6.77. The van der Waals surface area contributed by atoms with Gasteiger partial charge >= 0.3 is 5.97 Å². The smallest absolute Gasteiger partial charge is 0.339 e. The number of esters is 1. The van der Waals surface area contributed by atoms with Gasteiger partial charge < -0.3 is 21.3 Å². The minimum Gasteiger partial charge on any atom is -0.870 e. The number of amides is 1. The second-order valence-electron chi connectivity index (χ2n) is 6.88. The van der Waals surface area contributed by atoms with Crippen LogP contribution in [-0.4, -0.2) is 29.4 Å². The van der Waals surface area contributed by atoms with Crippen LogP contribution >= 0.6 is 0 Å². The first-order valence-electron chi connectivity index (χ1n) is 9.69. The Morgan fingerprint density at radius 2 is 1.69 bits per heavy atom. The number of nitrogen functional groups attached to an aromatic ring is 1. The average molecular weight is 430 g/mol. The van der Waals surface area contributed by atoms with Crippen molar-refractivity contribution in [3.63, 3.8) is 0 Å². The number of hydrogen-bond donors (Lipinski definition) is 2. The van der Waals surface area contributed by atoms with Gasteiger partial charge in [-0.25, -0.2) is 14.8 Å². The van der Waals surface area contributed by atoms with E-state index in [4.69, 9.17) is 10.5 Å². The lowest BCUT2D eigenvalue weighted by molar-refractivity contribution is -0.392. The Morgan fingerprint density at radius 3 is 2.38 bits per heavy atom. The van der Waals surface area contributed by atoms with Gasteiger partial charge in [-0.3, -0.25) is 4.79 Å². The molecule has 5 N–H and O–H groups in total. The topological polar surface area (TPSA) is 138 Å². The number of nitrogens with one attached hydrogen (secondary N) is 2. The zero-order valence-electron chi connectivity index (χ0n) is 17.3. The summed E-state index contributed by atoms with van der Waals surface area (Å²) in [5, 5.41) is 3.35. The molecule has 8 nitrogen and oxygen atoms in total. The van der Waals surface area contributed by atoms with Crippen LogP contribution in [0.1, 0.15) is 22.1 Å². The van der Waals surface area contributed by atoms with E-state index in [1.54, 1.807) is 30.5 Å². The van der Waals surface area contributed by atoms with Gasteiger partial charge in [-0.05, 0) is 6.07 Å². The molecular weight excluding hydrogens is 408 g/mol. The highest BCUT2D eigenvalue weighted by atomic mass is 16.5. The number of pyridine rings is 2. The van der Waals surface area contributed by atoms with E-state index in [0.29, 0.717) is 22.3 Å². The summed E-state index contributed by atoms with van der Waals surface area (Å²) in [5.41, 5.74) is 9.37. The summed E-state index contributed by atoms with van der Waals surface area (Å²) in [5.74, 6) is -1.10. The molecule has 1 atom stereocenters. The first kappa shape index (κ1) is 22.4. The van der Waals surface area contributed by atoms with Crippen LogP contribution in [0.25, 0.3) is 22.2 Å². The highest BCUT2D eigenvalue weighted by Crippen LogP contribution is 2.32. The van der Waals surface area contributed by atoms with Crippen LogP contribution in [0.2, 0.25) is 0 Å². The molecule has 0 radical (unpaired) electrons. The second-order valence-corrected chi connectivity index (χ2v) is 6.88. The Bertz CT molecular complexity index is 1250. The number of carbonyl (C=O) groups is 2. The number of ether oxygens (including phenoxy) is 1. The maximum atomic E-state index is 13.4. The minimum absolute atomic E-state index is 0. The number of anilines is 1. The standard InChI is InChI=1S/C24H20N4O3.H2O/c1-31-24(30)22(18-13-7-8-14-26-18)28-23(29)19-16-11-5-6-12-17(16)27-21(20(19)25)15-9-3-2-4-10-15;/h2-14,22H,25H2,1H3,(H,28,29);1H2. The molecule has 0 aliphatic rings. The van der Waals surface area contributed by atoms with Crippen LogP contribution in [0, 0.1) is 0 Å². The lowest BCUT2D eigenvalue weighted by Crippen LogP contribution is -2.38. The minimum atomic E-state index is -1.02. The number of carbonyl (C=O) groups excluding carboxylic acids is 2. The molecule has 0 fully saturated rings. The Hall–Kier alpha value is -4.30. The normalized spacial score (nSPS) is 11.3. The molecule has 2 aromatic carbocycles. The number of hydrogen-bond acceptors (Lipinski definition) is 6. The summed E-state index contributed by atoms with van der Waals surface area (Å²) in [6.07, 6.45) is 1.67. The average Bonchev–Trinajstić information content (AvgIpc) is 2.82. The second kappa shape index (κ2) is 9.67. The Labute approximate surface area is 184 Å². The van der Waals surface area contributed by atoms with Crippen molar-refractivity contribution in [1.82, 2.24) is 10.3 Å². The summed E-state index contributed by atoms with van der Waals surface area (Å²) < 4.78 is 4.90. The van der Waals surface area contributed by atoms with Gasteiger partial charge in [0.2, 0.25) is 11.7 Å². The SMILES string of the molecule is COC(=O)C(NC(=O)c1c(N)c(-c2ccccc2)nc2ccccc12)c1cccc[nH+]1.[OH-]. The predicted molar refractivity (Wildman–Crippen MR) is 119 cm³/mol. The van der Waals surface area contributed by atoms with E-state index in [1.165, 1.54) is 7.11 Å². The summed E-state index contributed by atoms with van der Waals surface area (Å²) in [4.78, 5) is 33.5. The highest BCUT2D eigenvalue weighted by molar-refractivity contribution is 6.13. The maximum Gasteiger partial charge on any atom is 0.339 e. The highest BCUT2D eigenvalue weighted by Gasteiger charge is 2.31. The van der Waals surface area contributed by atoms with E-state index in [-0.39, 0.29) is 16.7 Å². The molecule has 0 saturated heterocycles. The zero-order chi connectivity index (χ0) is 21.8. The predicted octanol–water partition coefficient (Wildman–Crippen LogP) is 2.77. The lowest BCUT2D eigenvalue weighted by atomic mass is 10.0. The first-order valence-corrected chi connectivity index (χ1v) is 9.69. The van der Waals surface area contributed by atoms with Crippen LogP contribution in [0.15, 0.2) is 79.0 Å². The van der Waals surface area contributed by atoms with Gasteiger partial charge in [0.1, 0.15) is 0 Å². The number of nitrogens with two attached hydrogens (primary N) is 1. The largest absolute Gasteiger partial charge is 0.870 e. The fourth-order valence-electron chi connectivity index (χ4n) is 3.46. The molecule has 162 valence electrons. The molecule has 0 saturated carbocycles. The Balaban J connectivity index is 0.00000289. The van der Waals surface area contributed by atoms with Gasteiger partial charge in [0.05, 0.1) is 29.6 Å². The van der Waals surface area contributed by atoms with Crippen molar-refractivity contribution in [2.75, 3.05) is 12.8 Å². The van der Waals surface area contributed by atoms with Crippen LogP contribution in [0.5, 0.6) is 0 Å². The third kappa shape index (κ3) is 4.26. The van der Waals surface area contributed by atoms with Crippen molar-refractivity contribution in [2.45, 2.75) is 6.04 Å². The van der Waals surface area contributed by atoms with E-state index in [1.807, 2.05) is 48.5 Å². The number of H-pyrrole nitrogens is 1. The van der Waals surface area contributed by atoms with E-state index in [2.05, 4.69) is 15.3 Å². The fourth-order valence-corrected chi connectivity index (χ4v) is 3.46. The third-order valence-electron chi connectivity index (χ3n) is 4.96. The van der Waals surface area contributed by atoms with Gasteiger partial charge in [0.25, 0.3) is 5.91 Å². The van der Waals surface area contributed by atoms with Gasteiger partial charge in [-0.15, -0.1) is 0 Å². The number of nitrogens with zero attached hydrogens (tertiary/aromatic N) is 1. The molecule has 32 heavy (non-hydrogen) atoms. The summed E-state index contributed by atoms with van der Waals surface area (Å²) in [6.45, 7) is 0. The zero-order valence-corrected chi connectivity index (χ0v) is 17.3. The van der Waals surface area contributed by atoms with E-state index in [9.17, 15) is 9.59 Å². The number of methoxy groups -OCH3 is 1. The molecule has 0 aliphatic carbocycles. The summed E-state index contributed by atoms with van der Waals surface area (Å²) in [7, 11) is 1.27. The van der Waals surface area contributed by atoms with Crippen molar-refractivity contribution >= 4 is 28.5 Å². The summed E-state index contributed by atoms with van der Waals surface area (Å²) in [6, 6.07) is 20.9. The molecule has 2 heterocycles. The molecule has 8 heteroatoms. The number of fused-ring (bicyclic) bond motifs is 1. The molecule has 0 bridgehead atoms. The number of rotatable bonds is 5. The third-order valence-corrected chi connectivity index (χ3v) is 4.96. The number of para-hydroxylation sites is 1. The van der Waals surface area contributed by atoms with Crippen LogP contribution in [0.4, 0.5) is 5.69 Å². The van der Waals surface area contributed by atoms with E-state index >= 15 is 0 Å². The van der Waals surface area contributed by atoms with E-state index in [0.717, 1.165) is 5.56 Å². The maximum absolute atomic E-state index is 13.4. The van der Waals surface area contributed by atoms with Crippen molar-refractivity contribution < 1.29 is 24.8 Å². The molecule has 4 rings (SSSR count). The van der Waals surface area contributed by atoms with Gasteiger partial charge in [0, 0.05) is 23.1 Å². The molecule has 1 unspecified atom stereocenters. The monoisotopic (exact) mass is 430 g/mol. The number of benzene rings is 2. The van der Waals surface area contributed by atoms with Gasteiger partial charge in [0.15, 0.2) is 6.20 Å². The number of aromatic nitrogens is 2. The fraction of sp³-hybridized carbons (Fsp3) is 0.0833. The van der Waals surface area contributed by atoms with Crippen LogP contribution in [-0.2, 0) is 9.53 Å².